The summed E-state index contributed by atoms with van der Waals surface area (Å²) >= 11 is 0. The van der Waals surface area contributed by atoms with Gasteiger partial charge in [0.05, 0.1) is 23.6 Å². The first-order chi connectivity index (χ1) is 9.28. The quantitative estimate of drug-likeness (QED) is 0.907. The Morgan fingerprint density at radius 1 is 1.37 bits per heavy atom. The van der Waals surface area contributed by atoms with Gasteiger partial charge in [-0.1, -0.05) is 18.6 Å². The minimum absolute atomic E-state index is 0.0623. The molecule has 6 heteroatoms. The summed E-state index contributed by atoms with van der Waals surface area (Å²) in [5.41, 5.74) is 7.71. The maximum absolute atomic E-state index is 6.03. The molecule has 1 atom stereocenters. The summed E-state index contributed by atoms with van der Waals surface area (Å²) in [7, 11) is 0. The van der Waals surface area contributed by atoms with Crippen LogP contribution in [0.3, 0.4) is 0 Å². The molecule has 0 bridgehead atoms. The van der Waals surface area contributed by atoms with E-state index in [0.29, 0.717) is 0 Å². The van der Waals surface area contributed by atoms with E-state index in [1.165, 1.54) is 0 Å². The van der Waals surface area contributed by atoms with Crippen LogP contribution in [0.4, 0.5) is 0 Å². The van der Waals surface area contributed by atoms with Crippen LogP contribution in [0.25, 0.3) is 5.69 Å². The Balaban J connectivity index is 1.86. The molecule has 6 nitrogen and oxygen atoms in total. The van der Waals surface area contributed by atoms with Crippen LogP contribution in [-0.4, -0.2) is 21.8 Å². The number of ether oxygens (including phenoxy) is 2. The van der Waals surface area contributed by atoms with Crippen molar-refractivity contribution in [2.24, 2.45) is 5.73 Å². The fourth-order valence-electron chi connectivity index (χ4n) is 2.06. The van der Waals surface area contributed by atoms with Gasteiger partial charge >= 0.3 is 0 Å². The SMILES string of the molecule is CCCC(N)c1cn(-c2ccc3c(c2)OCO3)nn1. The minimum Gasteiger partial charge on any atom is -0.454 e. The third-order valence-corrected chi connectivity index (χ3v) is 3.11. The summed E-state index contributed by atoms with van der Waals surface area (Å²) < 4.78 is 12.3. The van der Waals surface area contributed by atoms with Crippen molar-refractivity contribution in [3.05, 3.63) is 30.1 Å². The Labute approximate surface area is 111 Å². The summed E-state index contributed by atoms with van der Waals surface area (Å²) in [6.45, 7) is 2.37. The fraction of sp³-hybridized carbons (Fsp3) is 0.385. The van der Waals surface area contributed by atoms with Crippen LogP contribution in [0.1, 0.15) is 31.5 Å². The number of aromatic nitrogens is 3. The Kier molecular flexibility index (Phi) is 3.08. The van der Waals surface area contributed by atoms with Crippen LogP contribution in [0.5, 0.6) is 11.5 Å². The molecule has 1 unspecified atom stereocenters. The Bertz CT molecular complexity index is 582. The molecule has 100 valence electrons. The number of fused-ring (bicyclic) bond motifs is 1. The molecule has 0 aliphatic carbocycles. The van der Waals surface area contributed by atoms with Gasteiger partial charge in [0.15, 0.2) is 11.5 Å². The highest BCUT2D eigenvalue weighted by Gasteiger charge is 2.15. The largest absolute Gasteiger partial charge is 0.454 e. The van der Waals surface area contributed by atoms with E-state index in [4.69, 9.17) is 15.2 Å². The molecule has 19 heavy (non-hydrogen) atoms. The van der Waals surface area contributed by atoms with Crippen LogP contribution in [0.15, 0.2) is 24.4 Å². The van der Waals surface area contributed by atoms with Gasteiger partial charge in [0.2, 0.25) is 6.79 Å². The summed E-state index contributed by atoms with van der Waals surface area (Å²) in [4.78, 5) is 0. The standard InChI is InChI=1S/C13H16N4O2/c1-2-3-10(14)11-7-17(16-15-11)9-4-5-12-13(6-9)19-8-18-12/h4-7,10H,2-3,8,14H2,1H3. The van der Waals surface area contributed by atoms with E-state index in [-0.39, 0.29) is 12.8 Å². The number of hydrogen-bond acceptors (Lipinski definition) is 5. The lowest BCUT2D eigenvalue weighted by Gasteiger charge is -2.04. The number of rotatable bonds is 4. The molecular weight excluding hydrogens is 244 g/mol. The molecule has 0 fully saturated rings. The highest BCUT2D eigenvalue weighted by atomic mass is 16.7. The average molecular weight is 260 g/mol. The molecule has 2 aromatic rings. The van der Waals surface area contributed by atoms with Crippen molar-refractivity contribution < 1.29 is 9.47 Å². The van der Waals surface area contributed by atoms with Gasteiger partial charge in [0.25, 0.3) is 0 Å². The number of nitrogens with zero attached hydrogens (tertiary/aromatic N) is 3. The van der Waals surface area contributed by atoms with Gasteiger partial charge in [-0.3, -0.25) is 0 Å². The molecule has 2 N–H and O–H groups in total. The smallest absolute Gasteiger partial charge is 0.231 e. The van der Waals surface area contributed by atoms with Crippen LogP contribution in [0.2, 0.25) is 0 Å². The van der Waals surface area contributed by atoms with Gasteiger partial charge in [0, 0.05) is 6.07 Å². The first kappa shape index (κ1) is 12.0. The first-order valence-electron chi connectivity index (χ1n) is 6.36. The van der Waals surface area contributed by atoms with E-state index in [1.54, 1.807) is 4.68 Å². The van der Waals surface area contributed by atoms with E-state index in [1.807, 2.05) is 24.4 Å². The third-order valence-electron chi connectivity index (χ3n) is 3.11. The second-order valence-electron chi connectivity index (χ2n) is 4.52. The second kappa shape index (κ2) is 4.89. The number of benzene rings is 1. The fourth-order valence-corrected chi connectivity index (χ4v) is 2.06. The van der Waals surface area contributed by atoms with E-state index < -0.39 is 0 Å². The third kappa shape index (κ3) is 2.26. The summed E-state index contributed by atoms with van der Waals surface area (Å²) in [6.07, 6.45) is 3.79. The predicted molar refractivity (Wildman–Crippen MR) is 69.3 cm³/mol. The Morgan fingerprint density at radius 2 is 2.21 bits per heavy atom. The monoisotopic (exact) mass is 260 g/mol. The summed E-state index contributed by atoms with van der Waals surface area (Å²) in [5.74, 6) is 1.49. The molecule has 1 aromatic carbocycles. The van der Waals surface area contributed by atoms with Crippen molar-refractivity contribution in [2.45, 2.75) is 25.8 Å². The van der Waals surface area contributed by atoms with Crippen molar-refractivity contribution in [1.82, 2.24) is 15.0 Å². The topological polar surface area (TPSA) is 75.2 Å². The molecule has 3 rings (SSSR count). The molecule has 1 aliphatic heterocycles. The van der Waals surface area contributed by atoms with Gasteiger partial charge in [-0.2, -0.15) is 0 Å². The zero-order valence-electron chi connectivity index (χ0n) is 10.7. The highest BCUT2D eigenvalue weighted by molar-refractivity contribution is 5.49. The highest BCUT2D eigenvalue weighted by Crippen LogP contribution is 2.33. The number of hydrogen-bond donors (Lipinski definition) is 1. The van der Waals surface area contributed by atoms with Gasteiger partial charge in [0.1, 0.15) is 0 Å². The van der Waals surface area contributed by atoms with Crippen LogP contribution in [0, 0.1) is 0 Å². The molecule has 1 aromatic heterocycles. The summed E-state index contributed by atoms with van der Waals surface area (Å²) in [6, 6.07) is 5.60. The average Bonchev–Trinajstić information content (AvgIpc) is 3.07. The molecule has 0 saturated carbocycles. The van der Waals surface area contributed by atoms with Crippen molar-refractivity contribution >= 4 is 0 Å². The van der Waals surface area contributed by atoms with Crippen molar-refractivity contribution in [2.75, 3.05) is 6.79 Å². The van der Waals surface area contributed by atoms with E-state index in [9.17, 15) is 0 Å². The van der Waals surface area contributed by atoms with E-state index >= 15 is 0 Å². The van der Waals surface area contributed by atoms with Gasteiger partial charge < -0.3 is 15.2 Å². The second-order valence-corrected chi connectivity index (χ2v) is 4.52. The molecule has 0 amide bonds. The first-order valence-corrected chi connectivity index (χ1v) is 6.36. The molecule has 1 aliphatic rings. The molecule has 0 saturated heterocycles. The molecule has 0 spiro atoms. The van der Waals surface area contributed by atoms with Crippen LogP contribution in [-0.2, 0) is 0 Å². The lowest BCUT2D eigenvalue weighted by Crippen LogP contribution is -2.10. The van der Waals surface area contributed by atoms with Crippen molar-refractivity contribution in [1.29, 1.82) is 0 Å². The minimum atomic E-state index is -0.0623. The van der Waals surface area contributed by atoms with Gasteiger partial charge in [-0.15, -0.1) is 5.10 Å². The molecular formula is C13H16N4O2. The van der Waals surface area contributed by atoms with Crippen LogP contribution >= 0.6 is 0 Å². The molecule has 2 heterocycles. The van der Waals surface area contributed by atoms with Crippen LogP contribution < -0.4 is 15.2 Å². The molecule has 0 radical (unpaired) electrons. The zero-order valence-corrected chi connectivity index (χ0v) is 10.7. The maximum atomic E-state index is 6.03. The zero-order chi connectivity index (χ0) is 13.2. The lowest BCUT2D eigenvalue weighted by molar-refractivity contribution is 0.174. The van der Waals surface area contributed by atoms with Crippen molar-refractivity contribution in [3.63, 3.8) is 0 Å². The lowest BCUT2D eigenvalue weighted by atomic mass is 10.1. The van der Waals surface area contributed by atoms with Crippen molar-refractivity contribution in [3.8, 4) is 17.2 Å². The normalized spacial score (nSPS) is 14.6. The van der Waals surface area contributed by atoms with Gasteiger partial charge in [-0.05, 0) is 18.6 Å². The van der Waals surface area contributed by atoms with E-state index in [2.05, 4.69) is 17.2 Å². The summed E-state index contributed by atoms with van der Waals surface area (Å²) in [5, 5.41) is 8.23. The maximum Gasteiger partial charge on any atom is 0.231 e. The Hall–Kier alpha value is -2.08. The Morgan fingerprint density at radius 3 is 3.05 bits per heavy atom. The number of nitrogens with two attached hydrogens (primary N) is 1. The van der Waals surface area contributed by atoms with Gasteiger partial charge in [-0.25, -0.2) is 4.68 Å². The predicted octanol–water partition coefficient (Wildman–Crippen LogP) is 1.80. The van der Waals surface area contributed by atoms with E-state index in [0.717, 1.165) is 35.7 Å².